The number of nitrogens with zero attached hydrogens (tertiary/aromatic N) is 1. The number of carbonyl (C=O) groups is 1. The number of fused-ring (bicyclic) bond motifs is 1. The fraction of sp³-hybridized carbons (Fsp3) is 0.636. The van der Waals surface area contributed by atoms with E-state index in [1.165, 1.54) is 0 Å². The van der Waals surface area contributed by atoms with Gasteiger partial charge in [0.05, 0.1) is 13.2 Å². The summed E-state index contributed by atoms with van der Waals surface area (Å²) in [6, 6.07) is 1.69. The molecular weight excluding hydrogens is 256 g/mol. The Morgan fingerprint density at radius 2 is 2.32 bits per heavy atom. The fourth-order valence-corrected chi connectivity index (χ4v) is 1.95. The van der Waals surface area contributed by atoms with Gasteiger partial charge in [0.2, 0.25) is 0 Å². The van der Waals surface area contributed by atoms with Crippen LogP contribution in [0.3, 0.4) is 0 Å². The van der Waals surface area contributed by atoms with Crippen molar-refractivity contribution < 1.29 is 29.2 Å². The number of aliphatic hydroxyl groups is 2. The first kappa shape index (κ1) is 13.6. The Hall–Kier alpha value is -1.82. The lowest BCUT2D eigenvalue weighted by Crippen LogP contribution is -2.43. The van der Waals surface area contributed by atoms with Crippen molar-refractivity contribution in [3.63, 3.8) is 0 Å². The maximum atomic E-state index is 11.8. The van der Waals surface area contributed by atoms with Crippen LogP contribution in [-0.4, -0.2) is 53.9 Å². The van der Waals surface area contributed by atoms with Gasteiger partial charge in [-0.2, -0.15) is 5.26 Å². The molecule has 2 aliphatic rings. The highest BCUT2D eigenvalue weighted by molar-refractivity contribution is 5.97. The zero-order valence-corrected chi connectivity index (χ0v) is 10.2. The van der Waals surface area contributed by atoms with E-state index >= 15 is 0 Å². The molecule has 4 unspecified atom stereocenters. The average Bonchev–Trinajstić information content (AvgIpc) is 2.60. The number of hydrogen-bond donors (Lipinski definition) is 3. The van der Waals surface area contributed by atoms with Crippen LogP contribution in [0.2, 0.25) is 0 Å². The molecule has 1 fully saturated rings. The summed E-state index contributed by atoms with van der Waals surface area (Å²) in [4.78, 5) is 11.8. The number of carbonyl (C=O) groups excluding carboxylic acids is 1. The van der Waals surface area contributed by atoms with Crippen LogP contribution in [-0.2, 0) is 19.0 Å². The predicted molar refractivity (Wildman–Crippen MR) is 59.0 cm³/mol. The molecule has 0 radical (unpaired) electrons. The van der Waals surface area contributed by atoms with Gasteiger partial charge in [-0.3, -0.25) is 4.79 Å². The minimum Gasteiger partial charge on any atom is -0.465 e. The third-order valence-electron chi connectivity index (χ3n) is 2.85. The van der Waals surface area contributed by atoms with Crippen LogP contribution in [0.5, 0.6) is 0 Å². The van der Waals surface area contributed by atoms with E-state index in [1.54, 1.807) is 13.0 Å². The van der Waals surface area contributed by atoms with Crippen molar-refractivity contribution in [3.8, 4) is 6.07 Å². The number of hydrogen-bond acceptors (Lipinski definition) is 7. The Balaban J connectivity index is 2.29. The maximum Gasteiger partial charge on any atom is 0.304 e. The van der Waals surface area contributed by atoms with Gasteiger partial charge in [0, 0.05) is 0 Å². The highest BCUT2D eigenvalue weighted by Gasteiger charge is 2.48. The standard InChI is InChI=1S/C11H14N2O6/c1-2-17-11-5(3-12)9(16)13-10-8(19-11)7(15)6(4-14)18-10/h6-8,10,14-15H,2,4H2,1H3,(H,13,16). The van der Waals surface area contributed by atoms with Crippen molar-refractivity contribution in [1.29, 1.82) is 5.26 Å². The molecule has 3 N–H and O–H groups in total. The summed E-state index contributed by atoms with van der Waals surface area (Å²) in [6.07, 6.45) is -3.87. The molecule has 2 rings (SSSR count). The highest BCUT2D eigenvalue weighted by atomic mass is 16.7. The van der Waals surface area contributed by atoms with E-state index in [9.17, 15) is 9.90 Å². The Morgan fingerprint density at radius 1 is 1.58 bits per heavy atom. The van der Waals surface area contributed by atoms with Crippen molar-refractivity contribution in [2.75, 3.05) is 13.2 Å². The first-order valence-electron chi connectivity index (χ1n) is 5.81. The smallest absolute Gasteiger partial charge is 0.304 e. The molecule has 0 bridgehead atoms. The van der Waals surface area contributed by atoms with E-state index in [4.69, 9.17) is 24.6 Å². The number of ether oxygens (including phenoxy) is 3. The Morgan fingerprint density at radius 3 is 2.89 bits per heavy atom. The molecule has 0 saturated carbocycles. The van der Waals surface area contributed by atoms with Crippen molar-refractivity contribution in [3.05, 3.63) is 11.5 Å². The summed E-state index contributed by atoms with van der Waals surface area (Å²) in [5.41, 5.74) is -0.312. The van der Waals surface area contributed by atoms with Gasteiger partial charge in [-0.1, -0.05) is 0 Å². The third-order valence-corrected chi connectivity index (χ3v) is 2.85. The van der Waals surface area contributed by atoms with Crippen LogP contribution >= 0.6 is 0 Å². The molecule has 2 aliphatic heterocycles. The van der Waals surface area contributed by atoms with Gasteiger partial charge < -0.3 is 29.7 Å². The molecule has 8 heteroatoms. The Bertz CT molecular complexity index is 443. The van der Waals surface area contributed by atoms with Gasteiger partial charge in [0.15, 0.2) is 17.9 Å². The van der Waals surface area contributed by atoms with E-state index in [0.29, 0.717) is 0 Å². The molecule has 0 aliphatic carbocycles. The van der Waals surface area contributed by atoms with Crippen LogP contribution in [0.25, 0.3) is 0 Å². The molecule has 0 aromatic heterocycles. The molecule has 104 valence electrons. The largest absolute Gasteiger partial charge is 0.465 e. The van der Waals surface area contributed by atoms with Crippen LogP contribution in [0, 0.1) is 11.3 Å². The number of nitriles is 1. The minimum absolute atomic E-state index is 0.200. The zero-order valence-electron chi connectivity index (χ0n) is 10.2. The minimum atomic E-state index is -1.14. The fourth-order valence-electron chi connectivity index (χ4n) is 1.95. The molecule has 19 heavy (non-hydrogen) atoms. The summed E-state index contributed by atoms with van der Waals surface area (Å²) >= 11 is 0. The van der Waals surface area contributed by atoms with Gasteiger partial charge in [-0.15, -0.1) is 0 Å². The molecular formula is C11H14N2O6. The van der Waals surface area contributed by atoms with E-state index in [1.807, 2.05) is 0 Å². The van der Waals surface area contributed by atoms with E-state index in [0.717, 1.165) is 0 Å². The summed E-state index contributed by atoms with van der Waals surface area (Å²) < 4.78 is 15.7. The topological polar surface area (TPSA) is 121 Å². The Kier molecular flexibility index (Phi) is 3.90. The molecule has 0 aromatic rings. The lowest BCUT2D eigenvalue weighted by molar-refractivity contribution is -0.122. The van der Waals surface area contributed by atoms with Crippen LogP contribution in [0.4, 0.5) is 0 Å². The first-order chi connectivity index (χ1) is 9.12. The second-order valence-corrected chi connectivity index (χ2v) is 4.03. The summed E-state index contributed by atoms with van der Waals surface area (Å²) in [5, 5.41) is 30.3. The molecule has 0 spiro atoms. The quantitative estimate of drug-likeness (QED) is 0.561. The van der Waals surface area contributed by atoms with E-state index < -0.39 is 37.1 Å². The number of nitrogens with one attached hydrogen (secondary N) is 1. The van der Waals surface area contributed by atoms with Gasteiger partial charge in [-0.05, 0) is 6.92 Å². The van der Waals surface area contributed by atoms with Gasteiger partial charge in [0.1, 0.15) is 18.3 Å². The monoisotopic (exact) mass is 270 g/mol. The zero-order chi connectivity index (χ0) is 14.0. The maximum absolute atomic E-state index is 11.8. The molecule has 8 nitrogen and oxygen atoms in total. The summed E-state index contributed by atoms with van der Waals surface area (Å²) in [6.45, 7) is 1.46. The lowest BCUT2D eigenvalue weighted by atomic mass is 10.1. The summed E-state index contributed by atoms with van der Waals surface area (Å²) in [5.74, 6) is -0.944. The molecule has 4 atom stereocenters. The molecule has 1 amide bonds. The second-order valence-electron chi connectivity index (χ2n) is 4.03. The van der Waals surface area contributed by atoms with Crippen molar-refractivity contribution in [2.24, 2.45) is 0 Å². The van der Waals surface area contributed by atoms with E-state index in [2.05, 4.69) is 5.32 Å². The van der Waals surface area contributed by atoms with Gasteiger partial charge in [-0.25, -0.2) is 0 Å². The average molecular weight is 270 g/mol. The van der Waals surface area contributed by atoms with Crippen molar-refractivity contribution in [1.82, 2.24) is 5.32 Å². The normalized spacial score (nSPS) is 33.9. The van der Waals surface area contributed by atoms with Crippen LogP contribution < -0.4 is 5.32 Å². The van der Waals surface area contributed by atoms with E-state index in [-0.39, 0.29) is 18.1 Å². The number of amides is 1. The summed E-state index contributed by atoms with van der Waals surface area (Å²) in [7, 11) is 0. The Labute approximate surface area is 109 Å². The molecule has 1 saturated heterocycles. The first-order valence-corrected chi connectivity index (χ1v) is 5.81. The number of aliphatic hydroxyl groups excluding tert-OH is 2. The van der Waals surface area contributed by atoms with Gasteiger partial charge in [0.25, 0.3) is 5.91 Å². The molecule has 0 aromatic carbocycles. The highest BCUT2D eigenvalue weighted by Crippen LogP contribution is 2.28. The van der Waals surface area contributed by atoms with Crippen LogP contribution in [0.15, 0.2) is 11.5 Å². The van der Waals surface area contributed by atoms with Crippen molar-refractivity contribution >= 4 is 5.91 Å². The predicted octanol–water partition coefficient (Wildman–Crippen LogP) is -1.65. The third kappa shape index (κ3) is 2.35. The van der Waals surface area contributed by atoms with Gasteiger partial charge >= 0.3 is 5.95 Å². The lowest BCUT2D eigenvalue weighted by Gasteiger charge is -2.20. The SMILES string of the molecule is CCOC1=C(C#N)C(=O)NC2OC(CO)C(O)C2O1. The molecule has 2 heterocycles. The van der Waals surface area contributed by atoms with Crippen LogP contribution in [0.1, 0.15) is 6.92 Å². The number of rotatable bonds is 3. The van der Waals surface area contributed by atoms with Crippen molar-refractivity contribution in [2.45, 2.75) is 31.5 Å². The second kappa shape index (κ2) is 5.44.